The Hall–Kier alpha value is -1.84. The lowest BCUT2D eigenvalue weighted by Gasteiger charge is -2.45. The summed E-state index contributed by atoms with van der Waals surface area (Å²) >= 11 is 0. The number of carbonyl (C=O) groups excluding carboxylic acids is 2. The van der Waals surface area contributed by atoms with E-state index in [1.807, 2.05) is 0 Å². The number of hydrogen-bond donors (Lipinski definition) is 1. The molecular weight excluding hydrogens is 264 g/mol. The Morgan fingerprint density at radius 1 is 1.38 bits per heavy atom. The third kappa shape index (κ3) is 1.68. The molecule has 110 valence electrons. The Labute approximate surface area is 124 Å². The van der Waals surface area contributed by atoms with Crippen LogP contribution in [0.2, 0.25) is 0 Å². The zero-order valence-corrected chi connectivity index (χ0v) is 12.5. The van der Waals surface area contributed by atoms with Gasteiger partial charge in [0.15, 0.2) is 0 Å². The van der Waals surface area contributed by atoms with Gasteiger partial charge in [-0.1, -0.05) is 12.1 Å². The molecule has 21 heavy (non-hydrogen) atoms. The number of carbonyl (C=O) groups is 2. The first-order valence-corrected chi connectivity index (χ1v) is 7.71. The van der Waals surface area contributed by atoms with Crippen LogP contribution in [0.4, 0.5) is 5.69 Å². The summed E-state index contributed by atoms with van der Waals surface area (Å²) in [5.41, 5.74) is 3.52. The van der Waals surface area contributed by atoms with Crippen LogP contribution in [0.3, 0.4) is 0 Å². The molecular formula is C17H20N2O2. The molecule has 2 heterocycles. The standard InChI is InChI=1S/C17H20N2O2/c1-10-3-4-12-5-6-17-8-13(14(9-17)18-11(2)20)16(21)19(17)15(12)7-10/h3-4,7,13-14H,5-6,8-9H2,1-2H3,(H,18,20)/t13-,14-,17+/m0/s1. The fourth-order valence-electron chi connectivity index (χ4n) is 4.59. The van der Waals surface area contributed by atoms with Crippen molar-refractivity contribution in [3.8, 4) is 0 Å². The molecule has 3 atom stereocenters. The predicted molar refractivity (Wildman–Crippen MR) is 80.0 cm³/mol. The zero-order valence-electron chi connectivity index (χ0n) is 12.5. The van der Waals surface area contributed by atoms with E-state index in [0.717, 1.165) is 31.4 Å². The van der Waals surface area contributed by atoms with Crippen molar-refractivity contribution in [1.82, 2.24) is 5.32 Å². The molecule has 2 aliphatic heterocycles. The van der Waals surface area contributed by atoms with Crippen molar-refractivity contribution < 1.29 is 9.59 Å². The Morgan fingerprint density at radius 2 is 2.19 bits per heavy atom. The summed E-state index contributed by atoms with van der Waals surface area (Å²) in [6.07, 6.45) is 3.83. The number of aryl methyl sites for hydroxylation is 2. The van der Waals surface area contributed by atoms with E-state index >= 15 is 0 Å². The zero-order chi connectivity index (χ0) is 14.8. The molecule has 3 aliphatic rings. The van der Waals surface area contributed by atoms with Gasteiger partial charge in [0, 0.05) is 18.7 Å². The predicted octanol–water partition coefficient (Wildman–Crippen LogP) is 1.94. The Kier molecular flexibility index (Phi) is 2.51. The highest BCUT2D eigenvalue weighted by Crippen LogP contribution is 2.54. The molecule has 0 unspecified atom stereocenters. The van der Waals surface area contributed by atoms with Gasteiger partial charge in [0.2, 0.25) is 11.8 Å². The largest absolute Gasteiger partial charge is 0.353 e. The molecule has 1 spiro atoms. The van der Waals surface area contributed by atoms with Gasteiger partial charge in [-0.05, 0) is 49.8 Å². The Balaban J connectivity index is 1.74. The third-order valence-electron chi connectivity index (χ3n) is 5.43. The minimum Gasteiger partial charge on any atom is -0.353 e. The Bertz CT molecular complexity index is 654. The van der Waals surface area contributed by atoms with Gasteiger partial charge in [-0.2, -0.15) is 0 Å². The summed E-state index contributed by atoms with van der Waals surface area (Å²) in [6, 6.07) is 6.44. The van der Waals surface area contributed by atoms with E-state index in [2.05, 4.69) is 35.3 Å². The second-order valence-electron chi connectivity index (χ2n) is 6.85. The van der Waals surface area contributed by atoms with Crippen molar-refractivity contribution in [2.24, 2.45) is 5.92 Å². The molecule has 2 bridgehead atoms. The molecule has 2 fully saturated rings. The number of piperidine rings is 1. The summed E-state index contributed by atoms with van der Waals surface area (Å²) in [4.78, 5) is 26.2. The van der Waals surface area contributed by atoms with Crippen LogP contribution >= 0.6 is 0 Å². The number of nitrogens with one attached hydrogen (secondary N) is 1. The summed E-state index contributed by atoms with van der Waals surface area (Å²) in [7, 11) is 0. The highest BCUT2D eigenvalue weighted by atomic mass is 16.2. The van der Waals surface area contributed by atoms with Crippen LogP contribution in [0, 0.1) is 12.8 Å². The van der Waals surface area contributed by atoms with Gasteiger partial charge in [0.1, 0.15) is 0 Å². The van der Waals surface area contributed by atoms with Crippen LogP contribution in [0.5, 0.6) is 0 Å². The Morgan fingerprint density at radius 3 is 2.95 bits per heavy atom. The molecule has 4 rings (SSSR count). The summed E-state index contributed by atoms with van der Waals surface area (Å²) in [5.74, 6) is 0.127. The first-order valence-electron chi connectivity index (χ1n) is 7.71. The minimum atomic E-state index is -0.0599. The highest BCUT2D eigenvalue weighted by Gasteiger charge is 2.61. The molecule has 4 nitrogen and oxygen atoms in total. The number of anilines is 1. The summed E-state index contributed by atoms with van der Waals surface area (Å²) in [5, 5.41) is 2.98. The highest BCUT2D eigenvalue weighted by molar-refractivity contribution is 6.02. The lowest BCUT2D eigenvalue weighted by atomic mass is 9.83. The van der Waals surface area contributed by atoms with Gasteiger partial charge in [-0.15, -0.1) is 0 Å². The molecule has 1 aliphatic carbocycles. The maximum Gasteiger partial charge on any atom is 0.232 e. The van der Waals surface area contributed by atoms with Crippen LogP contribution in [-0.4, -0.2) is 23.4 Å². The third-order valence-corrected chi connectivity index (χ3v) is 5.43. The molecule has 1 N–H and O–H groups in total. The number of benzene rings is 1. The maximum absolute atomic E-state index is 12.8. The molecule has 1 aromatic carbocycles. The number of nitrogens with zero attached hydrogens (tertiary/aromatic N) is 1. The maximum atomic E-state index is 12.8. The van der Waals surface area contributed by atoms with Crippen molar-refractivity contribution in [3.63, 3.8) is 0 Å². The van der Waals surface area contributed by atoms with Crippen LogP contribution in [0.25, 0.3) is 0 Å². The first kappa shape index (κ1) is 12.9. The number of amides is 2. The topological polar surface area (TPSA) is 49.4 Å². The van der Waals surface area contributed by atoms with E-state index in [4.69, 9.17) is 0 Å². The average molecular weight is 284 g/mol. The van der Waals surface area contributed by atoms with Crippen LogP contribution in [-0.2, 0) is 16.0 Å². The van der Waals surface area contributed by atoms with Gasteiger partial charge in [0.05, 0.1) is 11.5 Å². The van der Waals surface area contributed by atoms with Crippen molar-refractivity contribution in [3.05, 3.63) is 29.3 Å². The monoisotopic (exact) mass is 284 g/mol. The van der Waals surface area contributed by atoms with Gasteiger partial charge in [0.25, 0.3) is 0 Å². The van der Waals surface area contributed by atoms with E-state index in [0.29, 0.717) is 0 Å². The lowest BCUT2D eigenvalue weighted by Crippen LogP contribution is -2.56. The van der Waals surface area contributed by atoms with Crippen LogP contribution in [0.15, 0.2) is 18.2 Å². The average Bonchev–Trinajstić information content (AvgIpc) is 2.90. The van der Waals surface area contributed by atoms with Crippen molar-refractivity contribution in [1.29, 1.82) is 0 Å². The SMILES string of the molecule is CC(=O)N[C@H]1C[C@]23CCc4ccc(C)cc4N2C(=O)[C@H]1C3. The second-order valence-corrected chi connectivity index (χ2v) is 6.85. The molecule has 1 saturated carbocycles. The molecule has 0 radical (unpaired) electrons. The van der Waals surface area contributed by atoms with E-state index in [9.17, 15) is 9.59 Å². The normalized spacial score (nSPS) is 32.9. The minimum absolute atomic E-state index is 0.0256. The molecule has 1 saturated heterocycles. The number of fused-ring (bicyclic) bond motifs is 3. The molecule has 4 heteroatoms. The van der Waals surface area contributed by atoms with Gasteiger partial charge in [-0.25, -0.2) is 0 Å². The fraction of sp³-hybridized carbons (Fsp3) is 0.529. The molecule has 2 amide bonds. The van der Waals surface area contributed by atoms with E-state index in [-0.39, 0.29) is 29.3 Å². The van der Waals surface area contributed by atoms with Crippen LogP contribution in [0.1, 0.15) is 37.3 Å². The molecule has 1 aromatic rings. The van der Waals surface area contributed by atoms with Crippen molar-refractivity contribution in [2.45, 2.75) is 51.1 Å². The first-order chi connectivity index (χ1) is 10.00. The summed E-state index contributed by atoms with van der Waals surface area (Å²) in [6.45, 7) is 3.60. The van der Waals surface area contributed by atoms with Gasteiger partial charge < -0.3 is 10.2 Å². The quantitative estimate of drug-likeness (QED) is 0.857. The smallest absolute Gasteiger partial charge is 0.232 e. The second kappa shape index (κ2) is 4.09. The van der Waals surface area contributed by atoms with Crippen molar-refractivity contribution >= 4 is 17.5 Å². The van der Waals surface area contributed by atoms with Crippen molar-refractivity contribution in [2.75, 3.05) is 4.90 Å². The number of rotatable bonds is 1. The molecule has 0 aromatic heterocycles. The van der Waals surface area contributed by atoms with E-state index in [1.54, 1.807) is 0 Å². The van der Waals surface area contributed by atoms with Gasteiger partial charge >= 0.3 is 0 Å². The van der Waals surface area contributed by atoms with Gasteiger partial charge in [-0.3, -0.25) is 9.59 Å². The van der Waals surface area contributed by atoms with E-state index < -0.39 is 0 Å². The number of hydrogen-bond acceptors (Lipinski definition) is 2. The van der Waals surface area contributed by atoms with E-state index in [1.165, 1.54) is 18.1 Å². The lowest BCUT2D eigenvalue weighted by molar-refractivity contribution is -0.124. The summed E-state index contributed by atoms with van der Waals surface area (Å²) < 4.78 is 0. The fourth-order valence-corrected chi connectivity index (χ4v) is 4.59. The van der Waals surface area contributed by atoms with Crippen LogP contribution < -0.4 is 10.2 Å².